The van der Waals surface area contributed by atoms with Crippen molar-refractivity contribution in [1.82, 2.24) is 0 Å². The molecule has 1 unspecified atom stereocenters. The highest BCUT2D eigenvalue weighted by Gasteiger charge is 2.50. The second kappa shape index (κ2) is 9.49. The van der Waals surface area contributed by atoms with Gasteiger partial charge in [0.15, 0.2) is 0 Å². The van der Waals surface area contributed by atoms with Gasteiger partial charge >= 0.3 is 0 Å². The molecule has 0 saturated carbocycles. The van der Waals surface area contributed by atoms with Crippen LogP contribution in [0.3, 0.4) is 0 Å². The average Bonchev–Trinajstić information content (AvgIpc) is 2.77. The van der Waals surface area contributed by atoms with Gasteiger partial charge in [-0.3, -0.25) is 0 Å². The Balaban J connectivity index is 0.00000225. The van der Waals surface area contributed by atoms with Crippen LogP contribution >= 0.6 is 7.26 Å². The van der Waals surface area contributed by atoms with Crippen molar-refractivity contribution in [3.05, 3.63) is 127 Å². The van der Waals surface area contributed by atoms with E-state index in [0.29, 0.717) is 5.66 Å². The number of benzene rings is 4. The van der Waals surface area contributed by atoms with Crippen LogP contribution in [0.25, 0.3) is 0 Å². The number of rotatable bonds is 5. The van der Waals surface area contributed by atoms with Gasteiger partial charge in [0.05, 0.1) is 0 Å². The molecule has 0 aromatic heterocycles. The minimum absolute atomic E-state index is 0. The molecule has 140 valence electrons. The zero-order valence-electron chi connectivity index (χ0n) is 15.9. The first-order valence-corrected chi connectivity index (χ1v) is 11.3. The third-order valence-electron chi connectivity index (χ3n) is 5.35. The molecule has 0 nitrogen and oxygen atoms in total. The van der Waals surface area contributed by atoms with Gasteiger partial charge in [-0.05, 0) is 48.9 Å². The van der Waals surface area contributed by atoms with E-state index in [0.717, 1.165) is 0 Å². The van der Waals surface area contributed by atoms with E-state index in [1.54, 1.807) is 0 Å². The van der Waals surface area contributed by atoms with Gasteiger partial charge in [0.1, 0.15) is 28.8 Å². The van der Waals surface area contributed by atoms with E-state index in [1.165, 1.54) is 21.5 Å². The zero-order chi connectivity index (χ0) is 18.5. The minimum Gasteiger partial charge on any atom is -1.00 e. The van der Waals surface area contributed by atoms with Gasteiger partial charge in [-0.1, -0.05) is 84.9 Å². The van der Waals surface area contributed by atoms with Gasteiger partial charge in [-0.25, -0.2) is 0 Å². The largest absolute Gasteiger partial charge is 1.00 e. The summed E-state index contributed by atoms with van der Waals surface area (Å²) < 4.78 is 0. The van der Waals surface area contributed by atoms with Gasteiger partial charge in [0.25, 0.3) is 0 Å². The summed E-state index contributed by atoms with van der Waals surface area (Å²) in [6.45, 7) is 2.40. The molecule has 0 spiro atoms. The fraction of sp³-hybridized carbons (Fsp3) is 0.0769. The second-order valence-electron chi connectivity index (χ2n) is 6.82. The smallest absolute Gasteiger partial charge is 0.119 e. The van der Waals surface area contributed by atoms with Gasteiger partial charge in [-0.15, -0.1) is 0 Å². The molecule has 0 heterocycles. The first-order chi connectivity index (χ1) is 13.3. The molecule has 0 saturated heterocycles. The van der Waals surface area contributed by atoms with E-state index in [4.69, 9.17) is 0 Å². The van der Waals surface area contributed by atoms with E-state index in [2.05, 4.69) is 128 Å². The molecular weight excluding hydrogens is 470 g/mol. The lowest BCUT2D eigenvalue weighted by Gasteiger charge is -2.33. The number of halogens is 1. The van der Waals surface area contributed by atoms with E-state index >= 15 is 0 Å². The summed E-state index contributed by atoms with van der Waals surface area (Å²) in [7, 11) is -1.87. The normalized spacial score (nSPS) is 12.0. The zero-order valence-corrected chi connectivity index (χ0v) is 19.0. The predicted molar refractivity (Wildman–Crippen MR) is 120 cm³/mol. The summed E-state index contributed by atoms with van der Waals surface area (Å²) in [6.07, 6.45) is 0. The van der Waals surface area contributed by atoms with Gasteiger partial charge < -0.3 is 24.0 Å². The van der Waals surface area contributed by atoms with Crippen LogP contribution in [0.4, 0.5) is 0 Å². The summed E-state index contributed by atoms with van der Waals surface area (Å²) in [5.41, 5.74) is 1.77. The van der Waals surface area contributed by atoms with Crippen molar-refractivity contribution in [3.8, 4) is 0 Å². The number of hydrogen-bond acceptors (Lipinski definition) is 0. The summed E-state index contributed by atoms with van der Waals surface area (Å²) in [6, 6.07) is 44.2. The highest BCUT2D eigenvalue weighted by Crippen LogP contribution is 2.66. The van der Waals surface area contributed by atoms with Crippen molar-refractivity contribution >= 4 is 23.2 Å². The summed E-state index contributed by atoms with van der Waals surface area (Å²) in [4.78, 5) is 0. The monoisotopic (exact) mass is 494 g/mol. The van der Waals surface area contributed by atoms with Crippen LogP contribution in [0, 0.1) is 0 Å². The maximum Gasteiger partial charge on any atom is 0.119 e. The molecule has 4 aromatic rings. The Morgan fingerprint density at radius 2 is 0.750 bits per heavy atom. The van der Waals surface area contributed by atoms with Crippen LogP contribution in [0.1, 0.15) is 18.1 Å². The molecule has 0 amide bonds. The number of hydrogen-bond donors (Lipinski definition) is 0. The molecule has 0 fully saturated rings. The lowest BCUT2D eigenvalue weighted by Crippen LogP contribution is -3.00. The van der Waals surface area contributed by atoms with Crippen LogP contribution in [0.2, 0.25) is 0 Å². The Bertz CT molecular complexity index is 873. The third kappa shape index (κ3) is 3.79. The molecule has 4 aromatic carbocycles. The third-order valence-corrected chi connectivity index (χ3v) is 10.2. The van der Waals surface area contributed by atoms with E-state index in [9.17, 15) is 0 Å². The van der Waals surface area contributed by atoms with Crippen molar-refractivity contribution in [2.45, 2.75) is 12.6 Å². The fourth-order valence-corrected chi connectivity index (χ4v) is 8.85. The minimum atomic E-state index is -1.87. The fourth-order valence-electron chi connectivity index (χ4n) is 4.06. The van der Waals surface area contributed by atoms with Crippen LogP contribution < -0.4 is 39.9 Å². The Morgan fingerprint density at radius 3 is 1.07 bits per heavy atom. The van der Waals surface area contributed by atoms with Gasteiger partial charge in [0, 0.05) is 0 Å². The molecule has 1 atom stereocenters. The van der Waals surface area contributed by atoms with Crippen molar-refractivity contribution in [1.29, 1.82) is 0 Å². The van der Waals surface area contributed by atoms with Crippen LogP contribution in [0.15, 0.2) is 121 Å². The van der Waals surface area contributed by atoms with Crippen LogP contribution in [-0.2, 0) is 0 Å². The molecule has 0 radical (unpaired) electrons. The van der Waals surface area contributed by atoms with Crippen LogP contribution in [0.5, 0.6) is 0 Å². The first kappa shape index (κ1) is 20.8. The highest BCUT2D eigenvalue weighted by molar-refractivity contribution is 7.95. The SMILES string of the molecule is CC(c1ccccc1)[P+](c1ccccc1)(c1ccccc1)c1ccccc1.[I-]. The second-order valence-corrected chi connectivity index (χ2v) is 10.6. The molecule has 0 aliphatic heterocycles. The van der Waals surface area contributed by atoms with Crippen molar-refractivity contribution < 1.29 is 24.0 Å². The highest BCUT2D eigenvalue weighted by atomic mass is 127. The van der Waals surface area contributed by atoms with Gasteiger partial charge in [0.2, 0.25) is 0 Å². The van der Waals surface area contributed by atoms with Crippen LogP contribution in [-0.4, -0.2) is 0 Å². The molecular formula is C26H24IP. The lowest BCUT2D eigenvalue weighted by atomic mass is 10.2. The molecule has 4 rings (SSSR count). The van der Waals surface area contributed by atoms with Gasteiger partial charge in [-0.2, -0.15) is 0 Å². The van der Waals surface area contributed by atoms with Crippen molar-refractivity contribution in [3.63, 3.8) is 0 Å². The summed E-state index contributed by atoms with van der Waals surface area (Å²) in [5.74, 6) is 0. The topological polar surface area (TPSA) is 0 Å². The average molecular weight is 494 g/mol. The Morgan fingerprint density at radius 1 is 0.464 bits per heavy atom. The predicted octanol–water partition coefficient (Wildman–Crippen LogP) is 2.75. The first-order valence-electron chi connectivity index (χ1n) is 9.44. The maximum atomic E-state index is 2.40. The van der Waals surface area contributed by atoms with E-state index in [1.807, 2.05) is 0 Å². The van der Waals surface area contributed by atoms with Crippen molar-refractivity contribution in [2.24, 2.45) is 0 Å². The molecule has 28 heavy (non-hydrogen) atoms. The molecule has 0 bridgehead atoms. The van der Waals surface area contributed by atoms with E-state index < -0.39 is 7.26 Å². The summed E-state index contributed by atoms with van der Waals surface area (Å²) >= 11 is 0. The molecule has 2 heteroatoms. The molecule has 0 N–H and O–H groups in total. The molecule has 0 aliphatic rings. The molecule has 0 aliphatic carbocycles. The van der Waals surface area contributed by atoms with E-state index in [-0.39, 0.29) is 24.0 Å². The maximum absolute atomic E-state index is 2.40. The Hall–Kier alpha value is -1.96. The standard InChI is InChI=1S/C26H24P.HI/c1-22(23-14-6-2-7-15-23)27(24-16-8-3-9-17-24,25-18-10-4-11-19-25)26-20-12-5-13-21-26;/h2-22H,1H3;1H/q+1;/p-1. The Labute approximate surface area is 186 Å². The van der Waals surface area contributed by atoms with Crippen molar-refractivity contribution in [2.75, 3.05) is 0 Å². The Kier molecular flexibility index (Phi) is 7.04. The summed E-state index contributed by atoms with van der Waals surface area (Å²) in [5, 5.41) is 4.29. The lowest BCUT2D eigenvalue weighted by molar-refractivity contribution is -0.00000522. The quantitative estimate of drug-likeness (QED) is 0.296.